The monoisotopic (exact) mass is 1090 g/mol. The summed E-state index contributed by atoms with van der Waals surface area (Å²) in [5.41, 5.74) is 2.36. The van der Waals surface area contributed by atoms with Gasteiger partial charge in [-0.3, -0.25) is 19.3 Å². The van der Waals surface area contributed by atoms with Gasteiger partial charge in [-0.1, -0.05) is 23.7 Å². The number of Topliss-reactive ketones (excluding diaryl/α,β-unsaturated/α-hetero) is 1. The number of sulfonamides is 1. The molecule has 2 aromatic heterocycles. The first-order valence-corrected chi connectivity index (χ1v) is 24.2. The van der Waals surface area contributed by atoms with Crippen molar-refractivity contribution in [3.05, 3.63) is 140 Å². The fraction of sp³-hybridized carbons (Fsp3) is 0.298. The minimum atomic E-state index is -4.07. The molecular formula is C47H44ClF4IN6O8S. The van der Waals surface area contributed by atoms with E-state index in [2.05, 4.69) is 14.7 Å². The normalized spacial score (nSPS) is 13.0. The number of carbonyl (C=O) groups is 2. The Morgan fingerprint density at radius 1 is 0.721 bits per heavy atom. The number of benzene rings is 4. The van der Waals surface area contributed by atoms with Gasteiger partial charge in [-0.25, -0.2) is 35.9 Å². The lowest BCUT2D eigenvalue weighted by atomic mass is 9.96. The number of rotatable bonds is 22. The zero-order chi connectivity index (χ0) is 48.2. The molecule has 3 heterocycles. The van der Waals surface area contributed by atoms with Crippen molar-refractivity contribution in [1.29, 1.82) is 0 Å². The summed E-state index contributed by atoms with van der Waals surface area (Å²) in [6, 6.07) is 17.8. The second-order valence-corrected chi connectivity index (χ2v) is 18.6. The molecule has 0 saturated carbocycles. The highest BCUT2D eigenvalue weighted by atomic mass is 127. The Morgan fingerprint density at radius 2 is 1.41 bits per heavy atom. The van der Waals surface area contributed by atoms with E-state index in [9.17, 15) is 35.6 Å². The number of nitrogens with zero attached hydrogens (tertiary/aromatic N) is 5. The molecule has 358 valence electrons. The summed E-state index contributed by atoms with van der Waals surface area (Å²) in [7, 11) is -4.07. The maximum atomic E-state index is 14.7. The number of ether oxygens (including phenoxy) is 4. The lowest BCUT2D eigenvalue weighted by Crippen LogP contribution is -2.49. The maximum absolute atomic E-state index is 14.7. The predicted molar refractivity (Wildman–Crippen MR) is 254 cm³/mol. The molecule has 0 atom stereocenters. The third kappa shape index (κ3) is 13.4. The standard InChI is InChI=1S/C47H44ClF4IN6O8S/c48-47-42(57-68(62,63)35-6-3-33(49)4-7-35)25-32(27-55-47)30-2-10-40-41(24-30)56-44(28-54-40)58-12-14-59(15-13-58)45(61)11-16-64-17-18-65-19-20-66-21-22-67-29-43(60)36-8-9-38(50)46(52)37(36)23-31-1-5-34(53)26-39(31)51/h1-10,24-28,57H,11-23,29H2. The van der Waals surface area contributed by atoms with Gasteiger partial charge in [-0.2, -0.15) is 0 Å². The van der Waals surface area contributed by atoms with E-state index in [4.69, 9.17) is 35.5 Å². The number of hydrogen-bond acceptors (Lipinski definition) is 12. The number of hydrogen-bond donors (Lipinski definition) is 1. The quantitative estimate of drug-likeness (QED) is 0.0231. The molecular weight excluding hydrogens is 1050 g/mol. The lowest BCUT2D eigenvalue weighted by Gasteiger charge is -2.35. The average Bonchev–Trinajstić information content (AvgIpc) is 3.33. The minimum absolute atomic E-state index is 0.0318. The predicted octanol–water partition coefficient (Wildman–Crippen LogP) is 7.89. The molecule has 21 heteroatoms. The Kier molecular flexibility index (Phi) is 17.7. The molecule has 0 aliphatic carbocycles. The largest absolute Gasteiger partial charge is 0.379 e. The van der Waals surface area contributed by atoms with Crippen LogP contribution in [0.5, 0.6) is 0 Å². The number of piperazine rings is 1. The summed E-state index contributed by atoms with van der Waals surface area (Å²) in [5.74, 6) is -3.45. The smallest absolute Gasteiger partial charge is 0.261 e. The maximum Gasteiger partial charge on any atom is 0.261 e. The van der Waals surface area contributed by atoms with E-state index in [0.29, 0.717) is 57.7 Å². The van der Waals surface area contributed by atoms with Crippen molar-refractivity contribution in [3.63, 3.8) is 0 Å². The third-order valence-electron chi connectivity index (χ3n) is 10.7. The van der Waals surface area contributed by atoms with E-state index in [1.807, 2.05) is 39.6 Å². The first-order chi connectivity index (χ1) is 32.8. The van der Waals surface area contributed by atoms with Crippen LogP contribution in [-0.4, -0.2) is 119 Å². The first kappa shape index (κ1) is 50.5. The van der Waals surface area contributed by atoms with Gasteiger partial charge in [0.25, 0.3) is 10.0 Å². The summed E-state index contributed by atoms with van der Waals surface area (Å²) < 4.78 is 108. The van der Waals surface area contributed by atoms with E-state index in [0.717, 1.165) is 30.3 Å². The molecule has 0 radical (unpaired) electrons. The second-order valence-electron chi connectivity index (χ2n) is 15.3. The summed E-state index contributed by atoms with van der Waals surface area (Å²) in [4.78, 5) is 43.0. The minimum Gasteiger partial charge on any atom is -0.379 e. The highest BCUT2D eigenvalue weighted by molar-refractivity contribution is 14.1. The molecule has 6 aromatic rings. The van der Waals surface area contributed by atoms with Crippen molar-refractivity contribution in [2.75, 3.05) is 88.7 Å². The molecule has 1 saturated heterocycles. The number of aromatic nitrogens is 3. The molecule has 1 aliphatic heterocycles. The van der Waals surface area contributed by atoms with Crippen LogP contribution in [0.1, 0.15) is 27.9 Å². The van der Waals surface area contributed by atoms with Crippen LogP contribution in [0.3, 0.4) is 0 Å². The molecule has 68 heavy (non-hydrogen) atoms. The number of halogens is 6. The second kappa shape index (κ2) is 23.8. The van der Waals surface area contributed by atoms with Crippen LogP contribution in [0.4, 0.5) is 29.1 Å². The van der Waals surface area contributed by atoms with E-state index in [1.165, 1.54) is 24.4 Å². The summed E-state index contributed by atoms with van der Waals surface area (Å²) in [5, 5.41) is -0.0633. The van der Waals surface area contributed by atoms with Crippen LogP contribution in [0.25, 0.3) is 22.2 Å². The first-order valence-electron chi connectivity index (χ1n) is 21.2. The zero-order valence-corrected chi connectivity index (χ0v) is 40.0. The number of ketones is 1. The van der Waals surface area contributed by atoms with E-state index >= 15 is 0 Å². The van der Waals surface area contributed by atoms with Crippen molar-refractivity contribution in [2.24, 2.45) is 0 Å². The van der Waals surface area contributed by atoms with Gasteiger partial charge in [0, 0.05) is 59.1 Å². The summed E-state index contributed by atoms with van der Waals surface area (Å²) in [6.45, 7) is 3.20. The van der Waals surface area contributed by atoms with Crippen molar-refractivity contribution in [3.8, 4) is 11.1 Å². The van der Waals surface area contributed by atoms with Gasteiger partial charge >= 0.3 is 0 Å². The Labute approximate surface area is 408 Å². The third-order valence-corrected chi connectivity index (χ3v) is 13.1. The Morgan fingerprint density at radius 3 is 2.12 bits per heavy atom. The Balaban J connectivity index is 0.762. The van der Waals surface area contributed by atoms with Gasteiger partial charge in [0.1, 0.15) is 24.1 Å². The topological polar surface area (TPSA) is 162 Å². The van der Waals surface area contributed by atoms with Crippen LogP contribution in [-0.2, 0) is 40.2 Å². The number of amides is 1. The summed E-state index contributed by atoms with van der Waals surface area (Å²) >= 11 is 8.19. The average molecular weight is 1090 g/mol. The van der Waals surface area contributed by atoms with E-state index in [1.54, 1.807) is 29.3 Å². The van der Waals surface area contributed by atoms with E-state index in [-0.39, 0.29) is 97.4 Å². The van der Waals surface area contributed by atoms with Gasteiger partial charge < -0.3 is 28.7 Å². The molecule has 4 aromatic carbocycles. The molecule has 7 rings (SSSR count). The van der Waals surface area contributed by atoms with Gasteiger partial charge in [0.15, 0.2) is 22.6 Å². The molecule has 1 amide bonds. The van der Waals surface area contributed by atoms with Gasteiger partial charge in [-0.05, 0) is 100 Å². The van der Waals surface area contributed by atoms with Crippen LogP contribution >= 0.6 is 34.2 Å². The van der Waals surface area contributed by atoms with Crippen LogP contribution in [0.2, 0.25) is 5.15 Å². The van der Waals surface area contributed by atoms with Crippen molar-refractivity contribution >= 4 is 78.4 Å². The van der Waals surface area contributed by atoms with Gasteiger partial charge in [0.2, 0.25) is 5.91 Å². The van der Waals surface area contributed by atoms with Crippen molar-refractivity contribution < 1.29 is 54.5 Å². The fourth-order valence-electron chi connectivity index (χ4n) is 7.12. The highest BCUT2D eigenvalue weighted by Gasteiger charge is 2.24. The number of carbonyl (C=O) groups excluding carboxylic acids is 2. The molecule has 1 aliphatic rings. The lowest BCUT2D eigenvalue weighted by molar-refractivity contribution is -0.132. The summed E-state index contributed by atoms with van der Waals surface area (Å²) in [6.07, 6.45) is 3.11. The number of anilines is 2. The highest BCUT2D eigenvalue weighted by Crippen LogP contribution is 2.31. The number of fused-ring (bicyclic) bond motifs is 1. The fourth-order valence-corrected chi connectivity index (χ4v) is 8.83. The van der Waals surface area contributed by atoms with Crippen molar-refractivity contribution in [2.45, 2.75) is 17.7 Å². The number of pyridine rings is 1. The molecule has 0 spiro atoms. The molecule has 1 N–H and O–H groups in total. The van der Waals surface area contributed by atoms with Gasteiger partial charge in [0.05, 0.1) is 80.5 Å². The zero-order valence-electron chi connectivity index (χ0n) is 36.2. The van der Waals surface area contributed by atoms with Crippen LogP contribution in [0.15, 0.2) is 96.2 Å². The number of nitrogens with one attached hydrogen (secondary N) is 1. The van der Waals surface area contributed by atoms with Crippen LogP contribution < -0.4 is 9.62 Å². The molecule has 1 fully saturated rings. The molecule has 0 bridgehead atoms. The Hall–Kier alpha value is -5.36. The van der Waals surface area contributed by atoms with Crippen molar-refractivity contribution in [1.82, 2.24) is 19.9 Å². The van der Waals surface area contributed by atoms with Crippen LogP contribution in [0, 0.1) is 26.8 Å². The van der Waals surface area contributed by atoms with Gasteiger partial charge in [-0.15, -0.1) is 0 Å². The Bertz CT molecular complexity index is 2860. The molecule has 0 unspecified atom stereocenters. The van der Waals surface area contributed by atoms with E-state index < -0.39 is 45.7 Å². The SMILES string of the molecule is O=C(COCCOCCOCCOCCC(=O)N1CCN(c2cnc3ccc(-c4cnc(Cl)c(NS(=O)(=O)c5ccc(F)cc5)c4)cc3n2)CC1)c1ccc(F)c(F)c1Cc1ccc(I)cc1F. The molecule has 14 nitrogen and oxygen atoms in total.